The number of para-hydroxylation sites is 1. The molecule has 1 aliphatic heterocycles. The fourth-order valence-electron chi connectivity index (χ4n) is 2.69. The van der Waals surface area contributed by atoms with Crippen LogP contribution in [-0.2, 0) is 11.2 Å². The normalized spacial score (nSPS) is 16.8. The van der Waals surface area contributed by atoms with Crippen molar-refractivity contribution in [3.8, 4) is 5.75 Å². The van der Waals surface area contributed by atoms with Crippen molar-refractivity contribution in [1.29, 1.82) is 0 Å². The Morgan fingerprint density at radius 3 is 2.81 bits per heavy atom. The van der Waals surface area contributed by atoms with E-state index in [4.69, 9.17) is 4.74 Å². The maximum absolute atomic E-state index is 12.4. The second-order valence-corrected chi connectivity index (χ2v) is 5.63. The average Bonchev–Trinajstić information content (AvgIpc) is 2.49. The van der Waals surface area contributed by atoms with Gasteiger partial charge in [-0.05, 0) is 43.5 Å². The van der Waals surface area contributed by atoms with Crippen LogP contribution in [0.2, 0.25) is 0 Å². The number of rotatable bonds is 2. The molecule has 108 valence electrons. The molecule has 1 heterocycles. The van der Waals surface area contributed by atoms with Crippen molar-refractivity contribution < 1.29 is 9.53 Å². The molecule has 0 bridgehead atoms. The van der Waals surface area contributed by atoms with Crippen molar-refractivity contribution in [2.45, 2.75) is 20.3 Å². The maximum atomic E-state index is 12.4. The number of hydrogen-bond acceptors (Lipinski definition) is 2. The number of aryl methyl sites for hydroxylation is 2. The first kappa shape index (κ1) is 13.7. The van der Waals surface area contributed by atoms with Gasteiger partial charge in [-0.3, -0.25) is 4.79 Å². The fraction of sp³-hybridized carbons (Fsp3) is 0.278. The molecular formula is C18H19NO2. The van der Waals surface area contributed by atoms with E-state index in [1.807, 2.05) is 50.2 Å². The number of ether oxygens (including phenoxy) is 1. The van der Waals surface area contributed by atoms with E-state index in [1.54, 1.807) is 0 Å². The molecule has 0 spiro atoms. The summed E-state index contributed by atoms with van der Waals surface area (Å²) in [6.07, 6.45) is 0.729. The Morgan fingerprint density at radius 1 is 1.19 bits per heavy atom. The number of benzene rings is 2. The molecule has 1 N–H and O–H groups in total. The molecule has 0 aliphatic carbocycles. The molecule has 3 rings (SSSR count). The molecule has 1 atom stereocenters. The van der Waals surface area contributed by atoms with Crippen LogP contribution < -0.4 is 10.1 Å². The van der Waals surface area contributed by atoms with Gasteiger partial charge in [-0.25, -0.2) is 0 Å². The molecule has 21 heavy (non-hydrogen) atoms. The van der Waals surface area contributed by atoms with Gasteiger partial charge in [0.05, 0.1) is 5.92 Å². The van der Waals surface area contributed by atoms with Gasteiger partial charge < -0.3 is 10.1 Å². The molecule has 0 aromatic heterocycles. The summed E-state index contributed by atoms with van der Waals surface area (Å²) in [5.41, 5.74) is 4.26. The standard InChI is InChI=1S/C18H19NO2/c1-12-7-8-16(13(2)9-12)19-18(20)15-10-14-5-3-4-6-17(14)21-11-15/h3-9,15H,10-11H2,1-2H3,(H,19,20)/t15-/m0/s1. The number of nitrogens with one attached hydrogen (secondary N) is 1. The highest BCUT2D eigenvalue weighted by Gasteiger charge is 2.26. The van der Waals surface area contributed by atoms with Crippen LogP contribution in [0.3, 0.4) is 0 Å². The van der Waals surface area contributed by atoms with Gasteiger partial charge in [-0.15, -0.1) is 0 Å². The summed E-state index contributed by atoms with van der Waals surface area (Å²) in [4.78, 5) is 12.4. The average molecular weight is 281 g/mol. The Bertz CT molecular complexity index is 679. The van der Waals surface area contributed by atoms with Gasteiger partial charge in [-0.2, -0.15) is 0 Å². The first-order chi connectivity index (χ1) is 10.1. The van der Waals surface area contributed by atoms with Gasteiger partial charge in [0, 0.05) is 5.69 Å². The van der Waals surface area contributed by atoms with Crippen LogP contribution in [-0.4, -0.2) is 12.5 Å². The van der Waals surface area contributed by atoms with Gasteiger partial charge in [0.1, 0.15) is 12.4 Å². The van der Waals surface area contributed by atoms with Gasteiger partial charge >= 0.3 is 0 Å². The lowest BCUT2D eigenvalue weighted by atomic mass is 9.96. The summed E-state index contributed by atoms with van der Waals surface area (Å²) in [5, 5.41) is 3.02. The van der Waals surface area contributed by atoms with Crippen molar-refractivity contribution in [1.82, 2.24) is 0 Å². The van der Waals surface area contributed by atoms with Crippen LogP contribution in [0.1, 0.15) is 16.7 Å². The minimum atomic E-state index is -0.138. The number of carbonyl (C=O) groups excluding carboxylic acids is 1. The molecule has 2 aromatic rings. The van der Waals surface area contributed by atoms with Crippen molar-refractivity contribution in [3.63, 3.8) is 0 Å². The van der Waals surface area contributed by atoms with E-state index >= 15 is 0 Å². The molecular weight excluding hydrogens is 262 g/mol. The molecule has 0 unspecified atom stereocenters. The lowest BCUT2D eigenvalue weighted by Gasteiger charge is -2.24. The monoisotopic (exact) mass is 281 g/mol. The fourth-order valence-corrected chi connectivity index (χ4v) is 2.69. The van der Waals surface area contributed by atoms with Crippen LogP contribution in [0, 0.1) is 19.8 Å². The first-order valence-corrected chi connectivity index (χ1v) is 7.22. The third-order valence-corrected chi connectivity index (χ3v) is 3.89. The Morgan fingerprint density at radius 2 is 2.00 bits per heavy atom. The molecule has 0 saturated heterocycles. The molecule has 1 aliphatic rings. The number of hydrogen-bond donors (Lipinski definition) is 1. The van der Waals surface area contributed by atoms with Crippen LogP contribution in [0.15, 0.2) is 42.5 Å². The summed E-state index contributed by atoms with van der Waals surface area (Å²) in [7, 11) is 0. The van der Waals surface area contributed by atoms with Crippen LogP contribution in [0.5, 0.6) is 5.75 Å². The van der Waals surface area contributed by atoms with E-state index in [-0.39, 0.29) is 11.8 Å². The van der Waals surface area contributed by atoms with Crippen molar-refractivity contribution in [3.05, 3.63) is 59.2 Å². The number of carbonyl (C=O) groups is 1. The van der Waals surface area contributed by atoms with Crippen LogP contribution in [0.4, 0.5) is 5.69 Å². The number of amides is 1. The highest BCUT2D eigenvalue weighted by molar-refractivity contribution is 5.93. The van der Waals surface area contributed by atoms with Gasteiger partial charge in [0.15, 0.2) is 0 Å². The van der Waals surface area contributed by atoms with Crippen LogP contribution >= 0.6 is 0 Å². The SMILES string of the molecule is Cc1ccc(NC(=O)[C@@H]2COc3ccccc3C2)c(C)c1. The lowest BCUT2D eigenvalue weighted by molar-refractivity contribution is -0.121. The summed E-state index contributed by atoms with van der Waals surface area (Å²) in [5.74, 6) is 0.783. The smallest absolute Gasteiger partial charge is 0.231 e. The molecule has 1 amide bonds. The van der Waals surface area contributed by atoms with Gasteiger partial charge in [0.25, 0.3) is 0 Å². The number of anilines is 1. The third kappa shape index (κ3) is 2.92. The van der Waals surface area contributed by atoms with Crippen molar-refractivity contribution in [2.24, 2.45) is 5.92 Å². The van der Waals surface area contributed by atoms with E-state index in [0.29, 0.717) is 6.61 Å². The topological polar surface area (TPSA) is 38.3 Å². The summed E-state index contributed by atoms with van der Waals surface area (Å²) < 4.78 is 5.68. The Hall–Kier alpha value is -2.29. The number of fused-ring (bicyclic) bond motifs is 1. The second-order valence-electron chi connectivity index (χ2n) is 5.63. The van der Waals surface area contributed by atoms with E-state index in [2.05, 4.69) is 11.4 Å². The predicted octanol–water partition coefficient (Wildman–Crippen LogP) is 3.49. The largest absolute Gasteiger partial charge is 0.492 e. The maximum Gasteiger partial charge on any atom is 0.231 e. The van der Waals surface area contributed by atoms with E-state index in [9.17, 15) is 4.79 Å². The minimum Gasteiger partial charge on any atom is -0.492 e. The molecule has 0 radical (unpaired) electrons. The molecule has 3 nitrogen and oxygen atoms in total. The second kappa shape index (κ2) is 5.60. The minimum absolute atomic E-state index is 0.0245. The predicted molar refractivity (Wildman–Crippen MR) is 83.7 cm³/mol. The molecule has 2 aromatic carbocycles. The highest BCUT2D eigenvalue weighted by atomic mass is 16.5. The zero-order valence-electron chi connectivity index (χ0n) is 12.3. The van der Waals surface area contributed by atoms with Crippen LogP contribution in [0.25, 0.3) is 0 Å². The Balaban J connectivity index is 1.72. The van der Waals surface area contributed by atoms with Gasteiger partial charge in [0.2, 0.25) is 5.91 Å². The third-order valence-electron chi connectivity index (χ3n) is 3.89. The first-order valence-electron chi connectivity index (χ1n) is 7.22. The molecule has 0 saturated carbocycles. The van der Waals surface area contributed by atoms with Gasteiger partial charge in [-0.1, -0.05) is 35.9 Å². The molecule has 0 fully saturated rings. The van der Waals surface area contributed by atoms with E-state index in [0.717, 1.165) is 29.0 Å². The zero-order valence-corrected chi connectivity index (χ0v) is 12.3. The van der Waals surface area contributed by atoms with E-state index in [1.165, 1.54) is 5.56 Å². The highest BCUT2D eigenvalue weighted by Crippen LogP contribution is 2.27. The Labute approximate surface area is 124 Å². The quantitative estimate of drug-likeness (QED) is 0.915. The Kier molecular flexibility index (Phi) is 3.65. The van der Waals surface area contributed by atoms with Crippen molar-refractivity contribution >= 4 is 11.6 Å². The molecule has 3 heteroatoms. The lowest BCUT2D eigenvalue weighted by Crippen LogP contribution is -2.32. The summed E-state index contributed by atoms with van der Waals surface area (Å²) in [6.45, 7) is 4.49. The van der Waals surface area contributed by atoms with Crippen molar-refractivity contribution in [2.75, 3.05) is 11.9 Å². The summed E-state index contributed by atoms with van der Waals surface area (Å²) in [6, 6.07) is 13.9. The zero-order chi connectivity index (χ0) is 14.8. The summed E-state index contributed by atoms with van der Waals surface area (Å²) >= 11 is 0. The van der Waals surface area contributed by atoms with E-state index < -0.39 is 0 Å².